The number of methoxy groups -OCH3 is 1. The van der Waals surface area contributed by atoms with Gasteiger partial charge in [0.2, 0.25) is 0 Å². The van der Waals surface area contributed by atoms with Crippen LogP contribution >= 0.6 is 0 Å². The molecule has 1 amide bonds. The van der Waals surface area contributed by atoms with E-state index >= 15 is 0 Å². The minimum absolute atomic E-state index is 0.0961. The summed E-state index contributed by atoms with van der Waals surface area (Å²) in [5.41, 5.74) is 1.80. The van der Waals surface area contributed by atoms with Crippen LogP contribution in [0.2, 0.25) is 0 Å². The molecule has 5 nitrogen and oxygen atoms in total. The molecule has 0 atom stereocenters. The molecule has 0 saturated carbocycles. The fourth-order valence-electron chi connectivity index (χ4n) is 3.17. The summed E-state index contributed by atoms with van der Waals surface area (Å²) in [6.45, 7) is 4.30. The first kappa shape index (κ1) is 18.1. The van der Waals surface area contributed by atoms with Crippen LogP contribution in [0.15, 0.2) is 54.9 Å². The van der Waals surface area contributed by atoms with Crippen LogP contribution in [0.1, 0.15) is 22.3 Å². The summed E-state index contributed by atoms with van der Waals surface area (Å²) < 4.78 is 5.38. The summed E-state index contributed by atoms with van der Waals surface area (Å²) in [7, 11) is 1.69. The monoisotopic (exact) mass is 351 g/mol. The highest BCUT2D eigenvalue weighted by molar-refractivity contribution is 5.94. The van der Waals surface area contributed by atoms with Crippen molar-refractivity contribution in [1.82, 2.24) is 14.8 Å². The zero-order valence-corrected chi connectivity index (χ0v) is 15.2. The maximum Gasteiger partial charge on any atom is 0.254 e. The van der Waals surface area contributed by atoms with E-state index in [4.69, 9.17) is 4.74 Å². The first-order valence-electron chi connectivity index (χ1n) is 8.99. The van der Waals surface area contributed by atoms with Gasteiger partial charge >= 0.3 is 0 Å². The molecular formula is C21H25N3O2. The van der Waals surface area contributed by atoms with Crippen molar-refractivity contribution in [2.75, 3.05) is 39.8 Å². The Hall–Kier alpha value is -2.66. The molecule has 0 aliphatic carbocycles. The average Bonchev–Trinajstić information content (AvgIpc) is 2.94. The number of aromatic nitrogens is 1. The Labute approximate surface area is 154 Å². The van der Waals surface area contributed by atoms with Gasteiger partial charge in [0.15, 0.2) is 0 Å². The van der Waals surface area contributed by atoms with Gasteiger partial charge in [0, 0.05) is 56.2 Å². The molecular weight excluding hydrogens is 326 g/mol. The Morgan fingerprint density at radius 3 is 2.73 bits per heavy atom. The molecule has 1 aromatic heterocycles. The van der Waals surface area contributed by atoms with Crippen LogP contribution in [0.3, 0.4) is 0 Å². The Balaban J connectivity index is 1.54. The minimum atomic E-state index is 0.0961. The number of para-hydroxylation sites is 1. The van der Waals surface area contributed by atoms with Crippen LogP contribution in [-0.4, -0.2) is 60.5 Å². The number of benzene rings is 1. The van der Waals surface area contributed by atoms with E-state index < -0.39 is 0 Å². The highest BCUT2D eigenvalue weighted by Gasteiger charge is 2.19. The lowest BCUT2D eigenvalue weighted by atomic mass is 10.2. The van der Waals surface area contributed by atoms with Crippen LogP contribution in [0.25, 0.3) is 6.08 Å². The summed E-state index contributed by atoms with van der Waals surface area (Å²) in [6, 6.07) is 11.6. The molecule has 0 spiro atoms. The van der Waals surface area contributed by atoms with E-state index in [0.717, 1.165) is 50.5 Å². The van der Waals surface area contributed by atoms with Crippen molar-refractivity contribution in [3.8, 4) is 5.75 Å². The summed E-state index contributed by atoms with van der Waals surface area (Å²) in [5.74, 6) is 0.979. The highest BCUT2D eigenvalue weighted by Crippen LogP contribution is 2.18. The Morgan fingerprint density at radius 2 is 1.92 bits per heavy atom. The third kappa shape index (κ3) is 4.70. The molecule has 5 heteroatoms. The van der Waals surface area contributed by atoms with Crippen molar-refractivity contribution < 1.29 is 9.53 Å². The quantitative estimate of drug-likeness (QED) is 0.831. The molecule has 3 rings (SSSR count). The van der Waals surface area contributed by atoms with Crippen LogP contribution in [-0.2, 0) is 0 Å². The summed E-state index contributed by atoms with van der Waals surface area (Å²) in [5, 5.41) is 0. The molecule has 0 N–H and O–H groups in total. The van der Waals surface area contributed by atoms with Gasteiger partial charge in [-0.1, -0.05) is 30.4 Å². The van der Waals surface area contributed by atoms with E-state index in [-0.39, 0.29) is 5.91 Å². The molecule has 0 radical (unpaired) electrons. The lowest BCUT2D eigenvalue weighted by Crippen LogP contribution is -2.35. The number of pyridine rings is 1. The van der Waals surface area contributed by atoms with E-state index in [1.54, 1.807) is 31.6 Å². The number of hydrogen-bond donors (Lipinski definition) is 0. The van der Waals surface area contributed by atoms with Crippen molar-refractivity contribution in [1.29, 1.82) is 0 Å². The maximum atomic E-state index is 12.6. The molecule has 0 bridgehead atoms. The third-order valence-corrected chi connectivity index (χ3v) is 4.60. The smallest absolute Gasteiger partial charge is 0.254 e. The zero-order valence-electron chi connectivity index (χ0n) is 15.2. The SMILES string of the molecule is COc1ccccc1/C=C/CN1CCCN(C(=O)c2ccncc2)CC1. The van der Waals surface area contributed by atoms with Crippen molar-refractivity contribution in [2.24, 2.45) is 0 Å². The molecule has 1 aliphatic heterocycles. The lowest BCUT2D eigenvalue weighted by Gasteiger charge is -2.21. The lowest BCUT2D eigenvalue weighted by molar-refractivity contribution is 0.0762. The molecule has 1 saturated heterocycles. The molecule has 26 heavy (non-hydrogen) atoms. The normalized spacial score (nSPS) is 15.8. The van der Waals surface area contributed by atoms with Gasteiger partial charge in [0.05, 0.1) is 7.11 Å². The predicted molar refractivity (Wildman–Crippen MR) is 103 cm³/mol. The predicted octanol–water partition coefficient (Wildman–Crippen LogP) is 2.95. The average molecular weight is 351 g/mol. The largest absolute Gasteiger partial charge is 0.496 e. The third-order valence-electron chi connectivity index (χ3n) is 4.60. The molecule has 1 aromatic carbocycles. The second-order valence-electron chi connectivity index (χ2n) is 6.33. The minimum Gasteiger partial charge on any atom is -0.496 e. The number of ether oxygens (including phenoxy) is 1. The van der Waals surface area contributed by atoms with E-state index in [1.165, 1.54) is 0 Å². The summed E-state index contributed by atoms with van der Waals surface area (Å²) in [6.07, 6.45) is 8.58. The second-order valence-corrected chi connectivity index (χ2v) is 6.33. The van der Waals surface area contributed by atoms with E-state index in [9.17, 15) is 4.79 Å². The number of hydrogen-bond acceptors (Lipinski definition) is 4. The fraction of sp³-hybridized carbons (Fsp3) is 0.333. The molecule has 2 heterocycles. The number of amides is 1. The number of rotatable bonds is 5. The van der Waals surface area contributed by atoms with Gasteiger partial charge in [-0.15, -0.1) is 0 Å². The van der Waals surface area contributed by atoms with Crippen LogP contribution in [0, 0.1) is 0 Å². The van der Waals surface area contributed by atoms with Crippen molar-refractivity contribution >= 4 is 12.0 Å². The van der Waals surface area contributed by atoms with Gasteiger partial charge < -0.3 is 9.64 Å². The first-order valence-corrected chi connectivity index (χ1v) is 8.99. The maximum absolute atomic E-state index is 12.6. The molecule has 136 valence electrons. The topological polar surface area (TPSA) is 45.7 Å². The zero-order chi connectivity index (χ0) is 18.2. The Morgan fingerprint density at radius 1 is 1.12 bits per heavy atom. The standard InChI is InChI=1S/C21H25N3O2/c1-26-20-8-3-2-6-18(20)7-4-13-23-14-5-15-24(17-16-23)21(25)19-9-11-22-12-10-19/h2-4,6-12H,5,13-17H2,1H3/b7-4+. The molecule has 1 fully saturated rings. The van der Waals surface area contributed by atoms with Crippen LogP contribution in [0.5, 0.6) is 5.75 Å². The van der Waals surface area contributed by atoms with E-state index in [1.807, 2.05) is 29.2 Å². The fourth-order valence-corrected chi connectivity index (χ4v) is 3.17. The second kappa shape index (κ2) is 9.15. The van der Waals surface area contributed by atoms with Gasteiger partial charge in [-0.25, -0.2) is 0 Å². The number of nitrogens with zero attached hydrogens (tertiary/aromatic N) is 3. The number of carbonyl (C=O) groups is 1. The van der Waals surface area contributed by atoms with E-state index in [0.29, 0.717) is 5.56 Å². The van der Waals surface area contributed by atoms with Gasteiger partial charge in [0.1, 0.15) is 5.75 Å². The van der Waals surface area contributed by atoms with Crippen molar-refractivity contribution in [3.05, 3.63) is 66.0 Å². The summed E-state index contributed by atoms with van der Waals surface area (Å²) >= 11 is 0. The van der Waals surface area contributed by atoms with E-state index in [2.05, 4.69) is 22.0 Å². The molecule has 2 aromatic rings. The van der Waals surface area contributed by atoms with Gasteiger partial charge in [0.25, 0.3) is 5.91 Å². The van der Waals surface area contributed by atoms with Crippen LogP contribution in [0.4, 0.5) is 0 Å². The van der Waals surface area contributed by atoms with Gasteiger partial charge in [-0.2, -0.15) is 0 Å². The first-order chi connectivity index (χ1) is 12.8. The summed E-state index contributed by atoms with van der Waals surface area (Å²) in [4.78, 5) is 20.9. The van der Waals surface area contributed by atoms with Gasteiger partial charge in [-0.05, 0) is 24.6 Å². The molecule has 0 unspecified atom stereocenters. The highest BCUT2D eigenvalue weighted by atomic mass is 16.5. The molecule has 1 aliphatic rings. The Kier molecular flexibility index (Phi) is 6.39. The van der Waals surface area contributed by atoms with Crippen LogP contribution < -0.4 is 4.74 Å². The number of carbonyl (C=O) groups excluding carboxylic acids is 1. The Bertz CT molecular complexity index is 746. The van der Waals surface area contributed by atoms with Crippen molar-refractivity contribution in [3.63, 3.8) is 0 Å². The van der Waals surface area contributed by atoms with Crippen molar-refractivity contribution in [2.45, 2.75) is 6.42 Å². The van der Waals surface area contributed by atoms with Gasteiger partial charge in [-0.3, -0.25) is 14.7 Å².